The van der Waals surface area contributed by atoms with Crippen LogP contribution in [-0.4, -0.2) is 33.4 Å². The van der Waals surface area contributed by atoms with Gasteiger partial charge in [0.2, 0.25) is 5.91 Å². The molecule has 1 aliphatic rings. The molecular weight excluding hydrogens is 384 g/mol. The number of aryl methyl sites for hydroxylation is 1. The Morgan fingerprint density at radius 1 is 0.871 bits per heavy atom. The van der Waals surface area contributed by atoms with Gasteiger partial charge in [0.1, 0.15) is 5.82 Å². The van der Waals surface area contributed by atoms with E-state index >= 15 is 0 Å². The Hall–Kier alpha value is -2.66. The second kappa shape index (κ2) is 10.6. The smallest absolute Gasteiger partial charge is 0.217 e. The summed E-state index contributed by atoms with van der Waals surface area (Å²) in [6.45, 7) is 4.26. The van der Waals surface area contributed by atoms with E-state index in [9.17, 15) is 4.79 Å². The SMILES string of the molecule is NC(=O)CCCCc1nc2ccccc2n1Cc1ccccc1CN1CCCCCC1. The molecule has 31 heavy (non-hydrogen) atoms. The first-order valence-corrected chi connectivity index (χ1v) is 11.7. The number of likely N-dealkylation sites (tertiary alicyclic amines) is 1. The van der Waals surface area contributed by atoms with Crippen LogP contribution in [0.3, 0.4) is 0 Å². The van der Waals surface area contributed by atoms with E-state index in [1.54, 1.807) is 0 Å². The molecule has 0 aliphatic carbocycles. The summed E-state index contributed by atoms with van der Waals surface area (Å²) >= 11 is 0. The predicted octanol–water partition coefficient (Wildman–Crippen LogP) is 4.66. The van der Waals surface area contributed by atoms with Gasteiger partial charge in [-0.2, -0.15) is 0 Å². The van der Waals surface area contributed by atoms with E-state index in [4.69, 9.17) is 10.7 Å². The third-order valence-corrected chi connectivity index (χ3v) is 6.35. The normalized spacial score (nSPS) is 15.2. The van der Waals surface area contributed by atoms with Gasteiger partial charge in [0.25, 0.3) is 0 Å². The molecule has 0 radical (unpaired) electrons. The monoisotopic (exact) mass is 418 g/mol. The summed E-state index contributed by atoms with van der Waals surface area (Å²) in [6.07, 6.45) is 8.37. The minimum absolute atomic E-state index is 0.226. The van der Waals surface area contributed by atoms with Crippen LogP contribution in [0.4, 0.5) is 0 Å². The van der Waals surface area contributed by atoms with Crippen LogP contribution < -0.4 is 5.73 Å². The molecule has 5 heteroatoms. The van der Waals surface area contributed by atoms with Crippen LogP contribution in [-0.2, 0) is 24.3 Å². The van der Waals surface area contributed by atoms with Crippen LogP contribution >= 0.6 is 0 Å². The Bertz CT molecular complexity index is 1000. The minimum Gasteiger partial charge on any atom is -0.370 e. The van der Waals surface area contributed by atoms with Gasteiger partial charge in [-0.3, -0.25) is 9.69 Å². The molecule has 4 rings (SSSR count). The second-order valence-corrected chi connectivity index (χ2v) is 8.74. The molecule has 0 bridgehead atoms. The summed E-state index contributed by atoms with van der Waals surface area (Å²) < 4.78 is 2.36. The van der Waals surface area contributed by atoms with Gasteiger partial charge in [0, 0.05) is 25.9 Å². The Kier molecular flexibility index (Phi) is 7.36. The van der Waals surface area contributed by atoms with Crippen molar-refractivity contribution < 1.29 is 4.79 Å². The fourth-order valence-electron chi connectivity index (χ4n) is 4.65. The number of aromatic nitrogens is 2. The van der Waals surface area contributed by atoms with Gasteiger partial charge in [-0.05, 0) is 62.0 Å². The molecule has 0 unspecified atom stereocenters. The third-order valence-electron chi connectivity index (χ3n) is 6.35. The van der Waals surface area contributed by atoms with Crippen LogP contribution in [0.2, 0.25) is 0 Å². The van der Waals surface area contributed by atoms with E-state index in [1.165, 1.54) is 55.4 Å². The van der Waals surface area contributed by atoms with E-state index in [-0.39, 0.29) is 5.91 Å². The number of hydrogen-bond acceptors (Lipinski definition) is 3. The van der Waals surface area contributed by atoms with Crippen molar-refractivity contribution in [3.05, 3.63) is 65.5 Å². The highest BCUT2D eigenvalue weighted by atomic mass is 16.1. The van der Waals surface area contributed by atoms with Crippen molar-refractivity contribution in [2.45, 2.75) is 64.5 Å². The highest BCUT2D eigenvalue weighted by Gasteiger charge is 2.15. The maximum atomic E-state index is 11.1. The first-order valence-electron chi connectivity index (χ1n) is 11.7. The molecule has 1 aromatic heterocycles. The lowest BCUT2D eigenvalue weighted by Crippen LogP contribution is -2.24. The van der Waals surface area contributed by atoms with Crippen molar-refractivity contribution in [2.75, 3.05) is 13.1 Å². The predicted molar refractivity (Wildman–Crippen MR) is 126 cm³/mol. The molecule has 5 nitrogen and oxygen atoms in total. The third kappa shape index (κ3) is 5.73. The molecule has 1 aliphatic heterocycles. The molecule has 0 atom stereocenters. The number of hydrogen-bond donors (Lipinski definition) is 1. The fourth-order valence-corrected chi connectivity index (χ4v) is 4.65. The number of para-hydroxylation sites is 2. The van der Waals surface area contributed by atoms with Crippen molar-refractivity contribution in [2.24, 2.45) is 5.73 Å². The number of amides is 1. The van der Waals surface area contributed by atoms with E-state index in [0.29, 0.717) is 6.42 Å². The van der Waals surface area contributed by atoms with Gasteiger partial charge in [-0.25, -0.2) is 4.98 Å². The summed E-state index contributed by atoms with van der Waals surface area (Å²) in [4.78, 5) is 18.6. The van der Waals surface area contributed by atoms with Gasteiger partial charge < -0.3 is 10.3 Å². The molecule has 1 amide bonds. The number of benzene rings is 2. The fraction of sp³-hybridized carbons (Fsp3) is 0.462. The highest BCUT2D eigenvalue weighted by molar-refractivity contribution is 5.76. The maximum absolute atomic E-state index is 11.1. The summed E-state index contributed by atoms with van der Waals surface area (Å²) in [7, 11) is 0. The van der Waals surface area contributed by atoms with Crippen LogP contribution in [0.15, 0.2) is 48.5 Å². The van der Waals surface area contributed by atoms with Gasteiger partial charge in [-0.1, -0.05) is 49.2 Å². The number of carbonyl (C=O) groups excluding carboxylic acids is 1. The molecule has 2 heterocycles. The zero-order chi connectivity index (χ0) is 21.5. The molecule has 1 fully saturated rings. The van der Waals surface area contributed by atoms with Crippen molar-refractivity contribution in [1.82, 2.24) is 14.5 Å². The summed E-state index contributed by atoms with van der Waals surface area (Å²) in [5, 5.41) is 0. The summed E-state index contributed by atoms with van der Waals surface area (Å²) in [6, 6.07) is 17.2. The summed E-state index contributed by atoms with van der Waals surface area (Å²) in [5.74, 6) is 0.867. The average molecular weight is 419 g/mol. The molecule has 2 N–H and O–H groups in total. The number of carbonyl (C=O) groups is 1. The number of primary amides is 1. The Morgan fingerprint density at radius 3 is 2.29 bits per heavy atom. The Morgan fingerprint density at radius 2 is 1.55 bits per heavy atom. The molecule has 2 aromatic carbocycles. The Labute approximate surface area is 185 Å². The Balaban J connectivity index is 1.56. The standard InChI is InChI=1S/C26H34N4O/c27-25(31)15-7-8-16-26-28-23-13-5-6-14-24(23)30(26)20-22-12-4-3-11-21(22)19-29-17-9-1-2-10-18-29/h3-6,11-14H,1-2,7-10,15-20H2,(H2,27,31). The number of rotatable bonds is 9. The van der Waals surface area contributed by atoms with E-state index in [1.807, 2.05) is 6.07 Å². The molecule has 1 saturated heterocycles. The zero-order valence-electron chi connectivity index (χ0n) is 18.4. The summed E-state index contributed by atoms with van der Waals surface area (Å²) in [5.41, 5.74) is 10.3. The largest absolute Gasteiger partial charge is 0.370 e. The number of nitrogens with two attached hydrogens (primary N) is 1. The molecule has 0 saturated carbocycles. The lowest BCUT2D eigenvalue weighted by atomic mass is 10.1. The van der Waals surface area contributed by atoms with Crippen molar-refractivity contribution >= 4 is 16.9 Å². The molecule has 0 spiro atoms. The molecular formula is C26H34N4O. The highest BCUT2D eigenvalue weighted by Crippen LogP contribution is 2.22. The zero-order valence-corrected chi connectivity index (χ0v) is 18.4. The first kappa shape index (κ1) is 21.6. The van der Waals surface area contributed by atoms with Gasteiger partial charge >= 0.3 is 0 Å². The second-order valence-electron chi connectivity index (χ2n) is 8.74. The lowest BCUT2D eigenvalue weighted by molar-refractivity contribution is -0.118. The van der Waals surface area contributed by atoms with Gasteiger partial charge in [-0.15, -0.1) is 0 Å². The number of nitrogens with zero attached hydrogens (tertiary/aromatic N) is 3. The number of imidazole rings is 1. The van der Waals surface area contributed by atoms with Crippen LogP contribution in [0.25, 0.3) is 11.0 Å². The first-order chi connectivity index (χ1) is 15.2. The van der Waals surface area contributed by atoms with E-state index in [2.05, 4.69) is 51.9 Å². The minimum atomic E-state index is -0.226. The lowest BCUT2D eigenvalue weighted by Gasteiger charge is -2.22. The van der Waals surface area contributed by atoms with Gasteiger partial charge in [0.05, 0.1) is 11.0 Å². The number of unbranched alkanes of at least 4 members (excludes halogenated alkanes) is 1. The maximum Gasteiger partial charge on any atom is 0.217 e. The van der Waals surface area contributed by atoms with Crippen LogP contribution in [0, 0.1) is 0 Å². The quantitative estimate of drug-likeness (QED) is 0.514. The van der Waals surface area contributed by atoms with Gasteiger partial charge in [0.15, 0.2) is 0 Å². The van der Waals surface area contributed by atoms with E-state index < -0.39 is 0 Å². The van der Waals surface area contributed by atoms with E-state index in [0.717, 1.165) is 43.7 Å². The molecule has 164 valence electrons. The van der Waals surface area contributed by atoms with Crippen molar-refractivity contribution in [3.63, 3.8) is 0 Å². The average Bonchev–Trinajstić information content (AvgIpc) is 2.92. The molecule has 3 aromatic rings. The topological polar surface area (TPSA) is 64.2 Å². The van der Waals surface area contributed by atoms with Crippen molar-refractivity contribution in [1.29, 1.82) is 0 Å². The van der Waals surface area contributed by atoms with Crippen LogP contribution in [0.5, 0.6) is 0 Å². The number of fused-ring (bicyclic) bond motifs is 1. The van der Waals surface area contributed by atoms with Crippen molar-refractivity contribution in [3.8, 4) is 0 Å². The van der Waals surface area contributed by atoms with Crippen LogP contribution in [0.1, 0.15) is 61.9 Å².